The molecule has 0 atom stereocenters. The topological polar surface area (TPSA) is 88.3 Å². The molecule has 7 nitrogen and oxygen atoms in total. The first-order valence-electron chi connectivity index (χ1n) is 9.11. The Morgan fingerprint density at radius 1 is 1.21 bits per heavy atom. The standard InChI is InChI=1S/C21H20N4O3/c1-14-10-18(24-28-14)12-23-20(26)16-2-3-19-17(11-16)13-25(21(19)27)9-6-15-4-7-22-8-5-15/h2-5,7-8,10-11H,6,9,12-13H2,1H3,(H,23,26). The molecule has 0 spiro atoms. The first-order chi connectivity index (χ1) is 13.6. The van der Waals surface area contributed by atoms with E-state index in [9.17, 15) is 9.59 Å². The molecule has 0 aliphatic carbocycles. The minimum Gasteiger partial charge on any atom is -0.361 e. The van der Waals surface area contributed by atoms with Gasteiger partial charge >= 0.3 is 0 Å². The van der Waals surface area contributed by atoms with Gasteiger partial charge in [-0.3, -0.25) is 14.6 Å². The number of carbonyl (C=O) groups excluding carboxylic acids is 2. The fourth-order valence-electron chi connectivity index (χ4n) is 3.29. The van der Waals surface area contributed by atoms with E-state index in [4.69, 9.17) is 4.52 Å². The molecule has 0 saturated heterocycles. The predicted octanol–water partition coefficient (Wildman–Crippen LogP) is 2.51. The zero-order valence-electron chi connectivity index (χ0n) is 15.5. The summed E-state index contributed by atoms with van der Waals surface area (Å²) >= 11 is 0. The molecular weight excluding hydrogens is 356 g/mol. The van der Waals surface area contributed by atoms with Crippen LogP contribution >= 0.6 is 0 Å². The predicted molar refractivity (Wildman–Crippen MR) is 102 cm³/mol. The van der Waals surface area contributed by atoms with Crippen LogP contribution in [0.1, 0.15) is 43.3 Å². The first kappa shape index (κ1) is 17.9. The zero-order chi connectivity index (χ0) is 19.5. The number of rotatable bonds is 6. The van der Waals surface area contributed by atoms with Gasteiger partial charge in [0.05, 0.1) is 6.54 Å². The summed E-state index contributed by atoms with van der Waals surface area (Å²) in [5.41, 5.74) is 3.89. The van der Waals surface area contributed by atoms with Gasteiger partial charge in [-0.15, -0.1) is 0 Å². The van der Waals surface area contributed by atoms with Gasteiger partial charge in [-0.05, 0) is 54.8 Å². The third kappa shape index (κ3) is 3.78. The number of hydrogen-bond donors (Lipinski definition) is 1. The number of fused-ring (bicyclic) bond motifs is 1. The van der Waals surface area contributed by atoms with Crippen molar-refractivity contribution in [3.05, 3.63) is 82.5 Å². The maximum atomic E-state index is 12.6. The lowest BCUT2D eigenvalue weighted by molar-refractivity contribution is 0.0780. The smallest absolute Gasteiger partial charge is 0.254 e. The van der Waals surface area contributed by atoms with Gasteiger partial charge in [0.25, 0.3) is 11.8 Å². The normalized spacial score (nSPS) is 12.9. The van der Waals surface area contributed by atoms with Gasteiger partial charge in [0, 0.05) is 42.7 Å². The summed E-state index contributed by atoms with van der Waals surface area (Å²) in [4.78, 5) is 30.8. The van der Waals surface area contributed by atoms with Crippen LogP contribution in [0, 0.1) is 6.92 Å². The fraction of sp³-hybridized carbons (Fsp3) is 0.238. The highest BCUT2D eigenvalue weighted by molar-refractivity contribution is 6.01. The van der Waals surface area contributed by atoms with Crippen LogP contribution in [-0.2, 0) is 19.5 Å². The summed E-state index contributed by atoms with van der Waals surface area (Å²) in [5, 5.41) is 6.68. The molecule has 2 amide bonds. The van der Waals surface area contributed by atoms with Crippen LogP contribution in [-0.4, -0.2) is 33.4 Å². The van der Waals surface area contributed by atoms with Crippen LogP contribution in [0.4, 0.5) is 0 Å². The van der Waals surface area contributed by atoms with E-state index in [1.165, 1.54) is 0 Å². The second-order valence-corrected chi connectivity index (χ2v) is 6.82. The van der Waals surface area contributed by atoms with E-state index >= 15 is 0 Å². The van der Waals surface area contributed by atoms with Crippen molar-refractivity contribution in [1.82, 2.24) is 20.4 Å². The van der Waals surface area contributed by atoms with Gasteiger partial charge in [0.1, 0.15) is 11.5 Å². The van der Waals surface area contributed by atoms with Crippen molar-refractivity contribution in [3.8, 4) is 0 Å². The van der Waals surface area contributed by atoms with Crippen LogP contribution in [0.25, 0.3) is 0 Å². The van der Waals surface area contributed by atoms with Crippen LogP contribution in [0.5, 0.6) is 0 Å². The average molecular weight is 376 g/mol. The lowest BCUT2D eigenvalue weighted by Gasteiger charge is -2.15. The molecule has 1 N–H and O–H groups in total. The highest BCUT2D eigenvalue weighted by atomic mass is 16.5. The van der Waals surface area contributed by atoms with Gasteiger partial charge in [-0.1, -0.05) is 5.16 Å². The molecule has 1 aliphatic rings. The van der Waals surface area contributed by atoms with Crippen LogP contribution in [0.15, 0.2) is 53.3 Å². The molecule has 3 heterocycles. The molecule has 4 rings (SSSR count). The number of nitrogens with one attached hydrogen (secondary N) is 1. The molecule has 142 valence electrons. The van der Waals surface area contributed by atoms with Crippen molar-refractivity contribution in [1.29, 1.82) is 0 Å². The van der Waals surface area contributed by atoms with E-state index < -0.39 is 0 Å². The number of nitrogens with zero attached hydrogens (tertiary/aromatic N) is 3. The molecule has 7 heteroatoms. The molecule has 2 aromatic heterocycles. The zero-order valence-corrected chi connectivity index (χ0v) is 15.5. The minimum absolute atomic E-state index is 0.00841. The van der Waals surface area contributed by atoms with E-state index in [-0.39, 0.29) is 11.8 Å². The second kappa shape index (κ2) is 7.64. The van der Waals surface area contributed by atoms with Crippen molar-refractivity contribution >= 4 is 11.8 Å². The van der Waals surface area contributed by atoms with Crippen molar-refractivity contribution in [2.45, 2.75) is 26.4 Å². The van der Waals surface area contributed by atoms with Gasteiger partial charge in [0.15, 0.2) is 0 Å². The fourth-order valence-corrected chi connectivity index (χ4v) is 3.29. The van der Waals surface area contributed by atoms with E-state index in [0.29, 0.717) is 42.2 Å². The lowest BCUT2D eigenvalue weighted by atomic mass is 10.1. The van der Waals surface area contributed by atoms with Gasteiger partial charge in [-0.2, -0.15) is 0 Å². The summed E-state index contributed by atoms with van der Waals surface area (Å²) in [6.07, 6.45) is 4.27. The molecular formula is C21H20N4O3. The van der Waals surface area contributed by atoms with Crippen LogP contribution in [0.2, 0.25) is 0 Å². The molecule has 1 aliphatic heterocycles. The molecule has 28 heavy (non-hydrogen) atoms. The van der Waals surface area contributed by atoms with Gasteiger partial charge in [-0.25, -0.2) is 0 Å². The lowest BCUT2D eigenvalue weighted by Crippen LogP contribution is -2.26. The third-order valence-corrected chi connectivity index (χ3v) is 4.77. The Hall–Kier alpha value is -3.48. The molecule has 0 bridgehead atoms. The van der Waals surface area contributed by atoms with Crippen molar-refractivity contribution in [2.24, 2.45) is 0 Å². The number of hydrogen-bond acceptors (Lipinski definition) is 5. The van der Waals surface area contributed by atoms with Gasteiger partial charge < -0.3 is 14.7 Å². The Morgan fingerprint density at radius 3 is 2.79 bits per heavy atom. The highest BCUT2D eigenvalue weighted by Crippen LogP contribution is 2.24. The highest BCUT2D eigenvalue weighted by Gasteiger charge is 2.27. The van der Waals surface area contributed by atoms with Crippen molar-refractivity contribution in [3.63, 3.8) is 0 Å². The van der Waals surface area contributed by atoms with E-state index in [1.54, 1.807) is 43.6 Å². The number of aryl methyl sites for hydroxylation is 1. The Balaban J connectivity index is 1.39. The molecule has 0 radical (unpaired) electrons. The Morgan fingerprint density at radius 2 is 2.04 bits per heavy atom. The van der Waals surface area contributed by atoms with E-state index in [2.05, 4.69) is 15.5 Å². The number of amides is 2. The summed E-state index contributed by atoms with van der Waals surface area (Å²) < 4.78 is 4.99. The maximum absolute atomic E-state index is 12.6. The summed E-state index contributed by atoms with van der Waals surface area (Å²) in [6.45, 7) is 3.24. The van der Waals surface area contributed by atoms with Gasteiger partial charge in [0.2, 0.25) is 0 Å². The Kier molecular flexibility index (Phi) is 4.89. The SMILES string of the molecule is Cc1cc(CNC(=O)c2ccc3c(c2)CN(CCc2ccncc2)C3=O)no1. The Bertz CT molecular complexity index is 1010. The number of aromatic nitrogens is 2. The number of carbonyl (C=O) groups is 2. The summed E-state index contributed by atoms with van der Waals surface area (Å²) in [6, 6.07) is 10.9. The summed E-state index contributed by atoms with van der Waals surface area (Å²) in [7, 11) is 0. The maximum Gasteiger partial charge on any atom is 0.254 e. The van der Waals surface area contributed by atoms with Crippen LogP contribution < -0.4 is 5.32 Å². The monoisotopic (exact) mass is 376 g/mol. The molecule has 0 fully saturated rings. The van der Waals surface area contributed by atoms with Crippen molar-refractivity contribution < 1.29 is 14.1 Å². The largest absolute Gasteiger partial charge is 0.361 e. The second-order valence-electron chi connectivity index (χ2n) is 6.82. The average Bonchev–Trinajstić information content (AvgIpc) is 3.28. The Labute approximate surface area is 162 Å². The number of pyridine rings is 1. The molecule has 0 saturated carbocycles. The van der Waals surface area contributed by atoms with E-state index in [1.807, 2.05) is 17.0 Å². The van der Waals surface area contributed by atoms with Crippen LogP contribution in [0.3, 0.4) is 0 Å². The third-order valence-electron chi connectivity index (χ3n) is 4.77. The molecule has 3 aromatic rings. The quantitative estimate of drug-likeness (QED) is 0.714. The minimum atomic E-state index is -0.203. The van der Waals surface area contributed by atoms with Crippen molar-refractivity contribution in [2.75, 3.05) is 6.54 Å². The van der Waals surface area contributed by atoms with E-state index in [0.717, 1.165) is 17.5 Å². The first-order valence-corrected chi connectivity index (χ1v) is 9.11. The molecule has 1 aromatic carbocycles. The number of benzene rings is 1. The summed E-state index contributed by atoms with van der Waals surface area (Å²) in [5.74, 6) is 0.507. The molecule has 0 unspecified atom stereocenters.